The van der Waals surface area contributed by atoms with Crippen molar-refractivity contribution in [1.82, 2.24) is 0 Å². The number of carboxylic acids is 1. The number of aliphatic carboxylic acids is 1. The summed E-state index contributed by atoms with van der Waals surface area (Å²) >= 11 is 0. The molecule has 0 aliphatic carbocycles. The van der Waals surface area contributed by atoms with E-state index in [0.717, 1.165) is 12.5 Å². The van der Waals surface area contributed by atoms with E-state index in [0.29, 0.717) is 0 Å². The van der Waals surface area contributed by atoms with Gasteiger partial charge in [-0.2, -0.15) is 0 Å². The first-order chi connectivity index (χ1) is 10.8. The molecule has 0 fully saturated rings. The molecule has 0 amide bonds. The second kappa shape index (κ2) is 21.4. The predicted octanol–water partition coefficient (Wildman–Crippen LogP) is 5.08. The summed E-state index contributed by atoms with van der Waals surface area (Å²) in [6.45, 7) is 2.25. The molecule has 0 heterocycles. The number of carbonyl (C=O) groups is 1. The van der Waals surface area contributed by atoms with Crippen molar-refractivity contribution in [2.75, 3.05) is 0 Å². The van der Waals surface area contributed by atoms with E-state index in [9.17, 15) is 4.79 Å². The fourth-order valence-electron chi connectivity index (χ4n) is 1.92. The van der Waals surface area contributed by atoms with Gasteiger partial charge in [0, 0.05) is 6.08 Å². The zero-order valence-corrected chi connectivity index (χ0v) is 13.8. The molecule has 0 spiro atoms. The topological polar surface area (TPSA) is 37.3 Å². The van der Waals surface area contributed by atoms with Gasteiger partial charge in [0.25, 0.3) is 0 Å². The summed E-state index contributed by atoms with van der Waals surface area (Å²) in [5.74, 6) is -0.931. The third-order valence-electron chi connectivity index (χ3n) is 3.13. The number of rotatable bonds is 13. The normalized spacial score (nSPS) is 12.2. The van der Waals surface area contributed by atoms with Crippen LogP contribution in [0.5, 0.6) is 0 Å². The van der Waals surface area contributed by atoms with Gasteiger partial charge in [-0.1, -0.05) is 100 Å². The maximum atomic E-state index is 10.2. The van der Waals surface area contributed by atoms with E-state index < -0.39 is 5.97 Å². The zero-order valence-electron chi connectivity index (χ0n) is 13.8. The molecule has 0 aromatic heterocycles. The summed E-state index contributed by atoms with van der Waals surface area (Å²) in [6, 6.07) is 0. The van der Waals surface area contributed by atoms with E-state index in [1.807, 2.05) is 24.3 Å². The fourth-order valence-corrected chi connectivity index (χ4v) is 1.92. The van der Waals surface area contributed by atoms with Gasteiger partial charge >= 0.3 is 43.7 Å². The molecular formula is C20H32CaO2. The van der Waals surface area contributed by atoms with Crippen LogP contribution < -0.4 is 0 Å². The fraction of sp³-hybridized carbons (Fsp3) is 0.450. The Balaban J connectivity index is 0. The molecule has 0 atom stereocenters. The molecule has 126 valence electrons. The van der Waals surface area contributed by atoms with E-state index in [4.69, 9.17) is 5.11 Å². The molecule has 0 bridgehead atoms. The van der Waals surface area contributed by atoms with Crippen molar-refractivity contribution >= 4 is 43.7 Å². The van der Waals surface area contributed by atoms with Crippen LogP contribution in [0.3, 0.4) is 0 Å². The van der Waals surface area contributed by atoms with Gasteiger partial charge in [0.2, 0.25) is 0 Å². The molecule has 2 nitrogen and oxygen atoms in total. The number of hydrogen-bond donors (Lipinski definition) is 1. The summed E-state index contributed by atoms with van der Waals surface area (Å²) in [5, 5.41) is 8.38. The molecule has 0 saturated heterocycles. The Morgan fingerprint density at radius 2 is 1.22 bits per heavy atom. The van der Waals surface area contributed by atoms with Crippen molar-refractivity contribution in [2.45, 2.75) is 58.3 Å². The summed E-state index contributed by atoms with van der Waals surface area (Å²) in [6.07, 6.45) is 28.8. The molecule has 0 aliphatic heterocycles. The quantitative estimate of drug-likeness (QED) is 0.219. The molecule has 0 radical (unpaired) electrons. The SMILES string of the molecule is CCCCCCCCCC=CC=CC=CC=CC=CC(=O)O.[CaH2]. The molecule has 0 unspecified atom stereocenters. The van der Waals surface area contributed by atoms with Gasteiger partial charge in [-0.3, -0.25) is 0 Å². The van der Waals surface area contributed by atoms with Crippen LogP contribution in [-0.4, -0.2) is 48.8 Å². The summed E-state index contributed by atoms with van der Waals surface area (Å²) in [4.78, 5) is 10.2. The van der Waals surface area contributed by atoms with Crippen LogP contribution in [0.4, 0.5) is 0 Å². The van der Waals surface area contributed by atoms with E-state index in [2.05, 4.69) is 19.1 Å². The van der Waals surface area contributed by atoms with Crippen LogP contribution in [0.25, 0.3) is 0 Å². The van der Waals surface area contributed by atoms with Gasteiger partial charge in [0.1, 0.15) is 0 Å². The molecule has 0 aromatic carbocycles. The number of allylic oxidation sites excluding steroid dienone is 9. The number of carboxylic acid groups (broad SMARTS) is 1. The van der Waals surface area contributed by atoms with Gasteiger partial charge in [0.05, 0.1) is 0 Å². The Morgan fingerprint density at radius 1 is 0.739 bits per heavy atom. The average molecular weight is 345 g/mol. The maximum absolute atomic E-state index is 10.2. The van der Waals surface area contributed by atoms with Crippen molar-refractivity contribution < 1.29 is 9.90 Å². The van der Waals surface area contributed by atoms with Gasteiger partial charge in [0.15, 0.2) is 0 Å². The molecule has 0 saturated carbocycles. The van der Waals surface area contributed by atoms with E-state index in [-0.39, 0.29) is 37.7 Å². The molecule has 0 aliphatic rings. The second-order valence-corrected chi connectivity index (χ2v) is 5.19. The first kappa shape index (κ1) is 24.7. The van der Waals surface area contributed by atoms with Crippen LogP contribution >= 0.6 is 0 Å². The van der Waals surface area contributed by atoms with Crippen LogP contribution in [0, 0.1) is 0 Å². The predicted molar refractivity (Wildman–Crippen MR) is 104 cm³/mol. The van der Waals surface area contributed by atoms with Crippen molar-refractivity contribution in [2.24, 2.45) is 0 Å². The first-order valence-corrected chi connectivity index (χ1v) is 8.33. The third kappa shape index (κ3) is 23.8. The minimum absolute atomic E-state index is 0. The van der Waals surface area contributed by atoms with E-state index in [1.165, 1.54) is 51.0 Å². The van der Waals surface area contributed by atoms with E-state index >= 15 is 0 Å². The third-order valence-corrected chi connectivity index (χ3v) is 3.13. The van der Waals surface area contributed by atoms with Crippen LogP contribution in [-0.2, 0) is 4.79 Å². The molecule has 23 heavy (non-hydrogen) atoms. The number of unbranched alkanes of at least 4 members (excludes halogenated alkanes) is 7. The van der Waals surface area contributed by atoms with Gasteiger partial charge in [-0.25, -0.2) is 4.79 Å². The van der Waals surface area contributed by atoms with Gasteiger partial charge < -0.3 is 5.11 Å². The Hall–Kier alpha value is -0.570. The first-order valence-electron chi connectivity index (χ1n) is 8.33. The number of hydrogen-bond acceptors (Lipinski definition) is 1. The molecular weight excluding hydrogens is 312 g/mol. The molecule has 0 aromatic rings. The summed E-state index contributed by atoms with van der Waals surface area (Å²) < 4.78 is 0. The van der Waals surface area contributed by atoms with Crippen molar-refractivity contribution in [1.29, 1.82) is 0 Å². The van der Waals surface area contributed by atoms with Crippen molar-refractivity contribution in [3.05, 3.63) is 60.8 Å². The molecule has 0 rings (SSSR count). The summed E-state index contributed by atoms with van der Waals surface area (Å²) in [7, 11) is 0. The zero-order chi connectivity index (χ0) is 16.3. The van der Waals surface area contributed by atoms with Gasteiger partial charge in [-0.15, -0.1) is 0 Å². The van der Waals surface area contributed by atoms with Crippen molar-refractivity contribution in [3.63, 3.8) is 0 Å². The molecule has 3 heteroatoms. The average Bonchev–Trinajstić information content (AvgIpc) is 2.50. The van der Waals surface area contributed by atoms with E-state index in [1.54, 1.807) is 12.2 Å². The Kier molecular flexibility index (Phi) is 23.0. The minimum atomic E-state index is -0.931. The molecule has 1 N–H and O–H groups in total. The van der Waals surface area contributed by atoms with Crippen molar-refractivity contribution in [3.8, 4) is 0 Å². The van der Waals surface area contributed by atoms with Crippen LogP contribution in [0.2, 0.25) is 0 Å². The Bertz CT molecular complexity index is 404. The second-order valence-electron chi connectivity index (χ2n) is 5.19. The van der Waals surface area contributed by atoms with Gasteiger partial charge in [-0.05, 0) is 12.8 Å². The monoisotopic (exact) mass is 344 g/mol. The van der Waals surface area contributed by atoms with Crippen LogP contribution in [0.1, 0.15) is 58.3 Å². The Morgan fingerprint density at radius 3 is 1.78 bits per heavy atom. The van der Waals surface area contributed by atoms with Crippen LogP contribution in [0.15, 0.2) is 60.8 Å². The summed E-state index contributed by atoms with van der Waals surface area (Å²) in [5.41, 5.74) is 0. The Labute approximate surface area is 171 Å². The standard InChI is InChI=1S/C20H30O2.Ca.2H/c1-2-3-4-5-6-7-8-9-10-11-12-13-14-15-16-17-18-19-20(21)22;;;/h10-19H,2-9H2,1H3,(H,21,22);;;.